The Balaban J connectivity index is 2.78. The number of allylic oxidation sites excluding steroid dienone is 2. The predicted octanol–water partition coefficient (Wildman–Crippen LogP) is 2.13. The van der Waals surface area contributed by atoms with Crippen LogP contribution in [0.2, 0.25) is 0 Å². The third kappa shape index (κ3) is 5.67. The fourth-order valence-electron chi connectivity index (χ4n) is 0.299. The third-order valence-electron chi connectivity index (χ3n) is 0.609. The van der Waals surface area contributed by atoms with Gasteiger partial charge in [0.05, 0.1) is 6.67 Å². The molecular formula is C6H10F. The van der Waals surface area contributed by atoms with E-state index in [-0.39, 0.29) is 6.67 Å². The van der Waals surface area contributed by atoms with Gasteiger partial charge in [0.15, 0.2) is 0 Å². The number of hydrogen-bond donors (Lipinski definition) is 0. The summed E-state index contributed by atoms with van der Waals surface area (Å²) in [6, 6.07) is 0. The van der Waals surface area contributed by atoms with E-state index in [1.165, 1.54) is 0 Å². The van der Waals surface area contributed by atoms with Crippen molar-refractivity contribution in [2.75, 3.05) is 6.67 Å². The summed E-state index contributed by atoms with van der Waals surface area (Å²) in [5, 5.41) is 0. The number of hydrogen-bond acceptors (Lipinski definition) is 0. The van der Waals surface area contributed by atoms with Crippen LogP contribution >= 0.6 is 0 Å². The van der Waals surface area contributed by atoms with E-state index in [1.807, 2.05) is 6.08 Å². The van der Waals surface area contributed by atoms with Gasteiger partial charge in [-0.15, -0.1) is 0 Å². The summed E-state index contributed by atoms with van der Waals surface area (Å²) in [4.78, 5) is 0. The van der Waals surface area contributed by atoms with Gasteiger partial charge in [0.2, 0.25) is 0 Å². The number of rotatable bonds is 3. The summed E-state index contributed by atoms with van der Waals surface area (Å²) < 4.78 is 11.2. The van der Waals surface area contributed by atoms with E-state index in [0.717, 1.165) is 6.42 Å². The lowest BCUT2D eigenvalue weighted by Crippen LogP contribution is -1.65. The molecule has 0 saturated carbocycles. The van der Waals surface area contributed by atoms with Crippen molar-refractivity contribution in [3.05, 3.63) is 19.1 Å². The highest BCUT2D eigenvalue weighted by molar-refractivity contribution is 4.81. The van der Waals surface area contributed by atoms with Crippen molar-refractivity contribution in [3.63, 3.8) is 0 Å². The minimum absolute atomic E-state index is 0.253. The normalized spacial score (nSPS) is 10.6. The summed E-state index contributed by atoms with van der Waals surface area (Å²) >= 11 is 0. The molecule has 0 nitrogen and oxygen atoms in total. The summed E-state index contributed by atoms with van der Waals surface area (Å²) in [5.41, 5.74) is 0. The molecule has 0 atom stereocenters. The zero-order chi connectivity index (χ0) is 5.54. The van der Waals surface area contributed by atoms with Gasteiger partial charge >= 0.3 is 0 Å². The van der Waals surface area contributed by atoms with Gasteiger partial charge in [0, 0.05) is 0 Å². The molecule has 1 heteroatoms. The number of alkyl halides is 1. The molecule has 7 heavy (non-hydrogen) atoms. The third-order valence-corrected chi connectivity index (χ3v) is 0.609. The minimum atomic E-state index is -0.253. The smallest absolute Gasteiger partial charge is 0.0928 e. The molecule has 0 saturated heterocycles. The molecule has 0 amide bonds. The highest BCUT2D eigenvalue weighted by Crippen LogP contribution is 1.84. The molecule has 0 aliphatic heterocycles. The first-order valence-electron chi connectivity index (χ1n) is 2.42. The Labute approximate surface area is 44.0 Å². The fourth-order valence-corrected chi connectivity index (χ4v) is 0.299. The minimum Gasteiger partial charge on any atom is -0.251 e. The molecule has 0 heterocycles. The second-order valence-corrected chi connectivity index (χ2v) is 1.24. The highest BCUT2D eigenvalue weighted by atomic mass is 19.1. The van der Waals surface area contributed by atoms with Gasteiger partial charge in [-0.05, 0) is 19.8 Å². The van der Waals surface area contributed by atoms with Gasteiger partial charge in [-0.25, -0.2) is 0 Å². The van der Waals surface area contributed by atoms with Crippen LogP contribution in [0.4, 0.5) is 4.39 Å². The lowest BCUT2D eigenvalue weighted by atomic mass is 10.3. The Bertz CT molecular complexity index is 48.1. The maximum absolute atomic E-state index is 11.2. The van der Waals surface area contributed by atoms with Crippen molar-refractivity contribution >= 4 is 0 Å². The molecule has 0 aliphatic carbocycles. The fraction of sp³-hybridized carbons (Fsp3) is 0.500. The molecule has 0 spiro atoms. The van der Waals surface area contributed by atoms with Crippen molar-refractivity contribution in [2.24, 2.45) is 0 Å². The molecule has 0 aromatic carbocycles. The maximum atomic E-state index is 11.2. The lowest BCUT2D eigenvalue weighted by molar-refractivity contribution is 0.501. The molecule has 0 rings (SSSR count). The first-order valence-corrected chi connectivity index (χ1v) is 2.42. The van der Waals surface area contributed by atoms with E-state index in [9.17, 15) is 4.39 Å². The Hall–Kier alpha value is -0.330. The van der Waals surface area contributed by atoms with Crippen LogP contribution in [-0.2, 0) is 0 Å². The van der Waals surface area contributed by atoms with E-state index >= 15 is 0 Å². The van der Waals surface area contributed by atoms with E-state index in [0.29, 0.717) is 6.42 Å². The van der Waals surface area contributed by atoms with Crippen LogP contribution in [0.25, 0.3) is 0 Å². The van der Waals surface area contributed by atoms with Gasteiger partial charge in [0.25, 0.3) is 0 Å². The Morgan fingerprint density at radius 3 is 2.57 bits per heavy atom. The van der Waals surface area contributed by atoms with Crippen LogP contribution in [0.1, 0.15) is 12.8 Å². The Morgan fingerprint density at radius 1 is 1.43 bits per heavy atom. The molecule has 0 N–H and O–H groups in total. The van der Waals surface area contributed by atoms with E-state index < -0.39 is 0 Å². The Morgan fingerprint density at radius 2 is 2.14 bits per heavy atom. The number of halogens is 1. The summed E-state index contributed by atoms with van der Waals surface area (Å²) in [7, 11) is 0. The van der Waals surface area contributed by atoms with Gasteiger partial charge in [-0.2, -0.15) is 0 Å². The largest absolute Gasteiger partial charge is 0.251 e. The molecule has 41 valence electrons. The zero-order valence-corrected chi connectivity index (χ0v) is 4.36. The van der Waals surface area contributed by atoms with Gasteiger partial charge < -0.3 is 0 Å². The SMILES string of the molecule is [CH2]C/C=C/CCF. The van der Waals surface area contributed by atoms with Crippen LogP contribution in [0.15, 0.2) is 12.2 Å². The molecule has 0 aromatic heterocycles. The molecular weight excluding hydrogens is 91.1 g/mol. The molecule has 0 fully saturated rings. The molecule has 0 bridgehead atoms. The molecule has 0 aliphatic rings. The van der Waals surface area contributed by atoms with Crippen molar-refractivity contribution in [3.8, 4) is 0 Å². The van der Waals surface area contributed by atoms with Crippen molar-refractivity contribution in [1.82, 2.24) is 0 Å². The summed E-state index contributed by atoms with van der Waals surface area (Å²) in [5.74, 6) is 0. The molecule has 1 radical (unpaired) electrons. The van der Waals surface area contributed by atoms with Gasteiger partial charge in [-0.1, -0.05) is 12.2 Å². The first-order chi connectivity index (χ1) is 3.41. The second-order valence-electron chi connectivity index (χ2n) is 1.24. The van der Waals surface area contributed by atoms with Crippen LogP contribution in [-0.4, -0.2) is 6.67 Å². The quantitative estimate of drug-likeness (QED) is 0.478. The van der Waals surface area contributed by atoms with Crippen LogP contribution in [0.5, 0.6) is 0 Å². The van der Waals surface area contributed by atoms with Crippen LogP contribution < -0.4 is 0 Å². The average Bonchev–Trinajstić information content (AvgIpc) is 1.69. The van der Waals surface area contributed by atoms with Crippen molar-refractivity contribution in [1.29, 1.82) is 0 Å². The first kappa shape index (κ1) is 6.67. The van der Waals surface area contributed by atoms with E-state index in [1.54, 1.807) is 6.08 Å². The molecule has 0 aromatic rings. The van der Waals surface area contributed by atoms with Crippen molar-refractivity contribution in [2.45, 2.75) is 12.8 Å². The highest BCUT2D eigenvalue weighted by Gasteiger charge is 1.71. The summed E-state index contributed by atoms with van der Waals surface area (Å²) in [6.45, 7) is 3.29. The monoisotopic (exact) mass is 101 g/mol. The lowest BCUT2D eigenvalue weighted by Gasteiger charge is -1.77. The van der Waals surface area contributed by atoms with Crippen LogP contribution in [0.3, 0.4) is 0 Å². The maximum Gasteiger partial charge on any atom is 0.0928 e. The second kappa shape index (κ2) is 5.67. The topological polar surface area (TPSA) is 0 Å². The molecule has 0 unspecified atom stereocenters. The van der Waals surface area contributed by atoms with Crippen molar-refractivity contribution < 1.29 is 4.39 Å². The standard InChI is InChI=1S/C6H10F/c1-2-3-4-5-6-7/h3-4H,1-2,5-6H2/b4-3+. The predicted molar refractivity (Wildman–Crippen MR) is 29.7 cm³/mol. The Kier molecular flexibility index (Phi) is 5.40. The van der Waals surface area contributed by atoms with E-state index in [2.05, 4.69) is 6.92 Å². The zero-order valence-electron chi connectivity index (χ0n) is 4.36. The van der Waals surface area contributed by atoms with Gasteiger partial charge in [0.1, 0.15) is 0 Å². The van der Waals surface area contributed by atoms with E-state index in [4.69, 9.17) is 0 Å². The summed E-state index contributed by atoms with van der Waals surface area (Å²) in [6.07, 6.45) is 4.96. The van der Waals surface area contributed by atoms with Gasteiger partial charge in [-0.3, -0.25) is 4.39 Å². The van der Waals surface area contributed by atoms with Crippen LogP contribution in [0, 0.1) is 6.92 Å². The average molecular weight is 101 g/mol.